The second kappa shape index (κ2) is 6.52. The monoisotopic (exact) mass is 311 g/mol. The standard InChI is InChI=1S/C14H17N3OS.ClH/c1-9-5-6-10-12(8-9)19-14(16-10)17-13(18)11-4-2-3-7-15-11;/h5-6,8,11,15H,2-4,7H2,1H3,(H,16,17,18);1H/t11-;/m1./s1. The fourth-order valence-electron chi connectivity index (χ4n) is 2.35. The SMILES string of the molecule is Cc1ccc2nc(NC(=O)[C@H]3CCCCN3)sc2c1.Cl. The highest BCUT2D eigenvalue weighted by molar-refractivity contribution is 7.22. The van der Waals surface area contributed by atoms with Gasteiger partial charge in [-0.05, 0) is 44.0 Å². The Morgan fingerprint density at radius 2 is 2.30 bits per heavy atom. The lowest BCUT2D eigenvalue weighted by Crippen LogP contribution is -2.43. The molecule has 0 radical (unpaired) electrons. The average molecular weight is 312 g/mol. The van der Waals surface area contributed by atoms with Gasteiger partial charge in [0.1, 0.15) is 0 Å². The van der Waals surface area contributed by atoms with E-state index in [2.05, 4.69) is 28.6 Å². The molecule has 6 heteroatoms. The van der Waals surface area contributed by atoms with Crippen molar-refractivity contribution in [1.82, 2.24) is 10.3 Å². The third-order valence-electron chi connectivity index (χ3n) is 3.40. The van der Waals surface area contributed by atoms with Crippen molar-refractivity contribution in [3.05, 3.63) is 23.8 Å². The van der Waals surface area contributed by atoms with Gasteiger partial charge in [-0.25, -0.2) is 4.98 Å². The molecule has 1 atom stereocenters. The third-order valence-corrected chi connectivity index (χ3v) is 4.33. The van der Waals surface area contributed by atoms with Crippen LogP contribution in [0.3, 0.4) is 0 Å². The van der Waals surface area contributed by atoms with Crippen molar-refractivity contribution in [3.8, 4) is 0 Å². The van der Waals surface area contributed by atoms with E-state index in [9.17, 15) is 4.79 Å². The number of nitrogens with one attached hydrogen (secondary N) is 2. The average Bonchev–Trinajstić information content (AvgIpc) is 2.81. The number of aryl methyl sites for hydroxylation is 1. The van der Waals surface area contributed by atoms with Crippen LogP contribution in [-0.4, -0.2) is 23.5 Å². The summed E-state index contributed by atoms with van der Waals surface area (Å²) in [6.45, 7) is 2.99. The molecule has 2 aromatic rings. The molecule has 1 aromatic heterocycles. The molecule has 2 heterocycles. The number of benzene rings is 1. The largest absolute Gasteiger partial charge is 0.306 e. The van der Waals surface area contributed by atoms with Gasteiger partial charge < -0.3 is 10.6 Å². The number of nitrogens with zero attached hydrogens (tertiary/aromatic N) is 1. The zero-order chi connectivity index (χ0) is 13.2. The molecule has 3 rings (SSSR count). The maximum atomic E-state index is 12.1. The van der Waals surface area contributed by atoms with Crippen LogP contribution in [0.15, 0.2) is 18.2 Å². The first-order valence-corrected chi connectivity index (χ1v) is 7.45. The van der Waals surface area contributed by atoms with Gasteiger partial charge in [-0.1, -0.05) is 23.8 Å². The Bertz CT molecular complexity index is 607. The highest BCUT2D eigenvalue weighted by Gasteiger charge is 2.21. The molecular weight excluding hydrogens is 294 g/mol. The summed E-state index contributed by atoms with van der Waals surface area (Å²) in [4.78, 5) is 16.6. The number of hydrogen-bond donors (Lipinski definition) is 2. The molecule has 1 saturated heterocycles. The van der Waals surface area contributed by atoms with Crippen LogP contribution >= 0.6 is 23.7 Å². The van der Waals surface area contributed by atoms with Crippen LogP contribution in [0.1, 0.15) is 24.8 Å². The Labute approximate surface area is 128 Å². The Morgan fingerprint density at radius 3 is 3.05 bits per heavy atom. The summed E-state index contributed by atoms with van der Waals surface area (Å²) in [5.41, 5.74) is 2.16. The number of piperidine rings is 1. The first-order chi connectivity index (χ1) is 9.22. The summed E-state index contributed by atoms with van der Waals surface area (Å²) in [6, 6.07) is 6.07. The van der Waals surface area contributed by atoms with Crippen LogP contribution in [0.4, 0.5) is 5.13 Å². The van der Waals surface area contributed by atoms with Gasteiger partial charge in [0.15, 0.2) is 5.13 Å². The van der Waals surface area contributed by atoms with E-state index in [0.717, 1.165) is 36.0 Å². The molecular formula is C14H18ClN3OS. The normalized spacial score (nSPS) is 18.6. The van der Waals surface area contributed by atoms with E-state index in [1.807, 2.05) is 12.1 Å². The Kier molecular flexibility index (Phi) is 4.96. The smallest absolute Gasteiger partial charge is 0.243 e. The second-order valence-corrected chi connectivity index (χ2v) is 6.01. The Hall–Kier alpha value is -1.17. The predicted molar refractivity (Wildman–Crippen MR) is 85.9 cm³/mol. The predicted octanol–water partition coefficient (Wildman–Crippen LogP) is 3.11. The van der Waals surface area contributed by atoms with Crippen molar-refractivity contribution in [2.75, 3.05) is 11.9 Å². The summed E-state index contributed by atoms with van der Waals surface area (Å²) >= 11 is 1.53. The molecule has 0 bridgehead atoms. The number of rotatable bonds is 2. The number of hydrogen-bond acceptors (Lipinski definition) is 4. The molecule has 0 saturated carbocycles. The number of carbonyl (C=O) groups excluding carboxylic acids is 1. The summed E-state index contributed by atoms with van der Waals surface area (Å²) < 4.78 is 1.12. The van der Waals surface area contributed by atoms with Crippen molar-refractivity contribution < 1.29 is 4.79 Å². The fourth-order valence-corrected chi connectivity index (χ4v) is 3.32. The van der Waals surface area contributed by atoms with Gasteiger partial charge in [-0.15, -0.1) is 12.4 Å². The van der Waals surface area contributed by atoms with Gasteiger partial charge >= 0.3 is 0 Å². The molecule has 108 valence electrons. The lowest BCUT2D eigenvalue weighted by Gasteiger charge is -2.21. The summed E-state index contributed by atoms with van der Waals surface area (Å²) in [5, 5.41) is 6.87. The Morgan fingerprint density at radius 1 is 1.45 bits per heavy atom. The van der Waals surface area contributed by atoms with Crippen LogP contribution in [0.25, 0.3) is 10.2 Å². The highest BCUT2D eigenvalue weighted by atomic mass is 35.5. The molecule has 20 heavy (non-hydrogen) atoms. The minimum Gasteiger partial charge on any atom is -0.306 e. The van der Waals surface area contributed by atoms with Gasteiger partial charge in [-0.3, -0.25) is 4.79 Å². The minimum absolute atomic E-state index is 0. The first kappa shape index (κ1) is 15.2. The molecule has 1 fully saturated rings. The van der Waals surface area contributed by atoms with Crippen LogP contribution in [-0.2, 0) is 4.79 Å². The molecule has 1 aliphatic heterocycles. The molecule has 0 spiro atoms. The van der Waals surface area contributed by atoms with Crippen molar-refractivity contribution in [3.63, 3.8) is 0 Å². The minimum atomic E-state index is -0.0671. The lowest BCUT2D eigenvalue weighted by molar-refractivity contribution is -0.118. The summed E-state index contributed by atoms with van der Waals surface area (Å²) in [6.07, 6.45) is 3.18. The maximum Gasteiger partial charge on any atom is 0.243 e. The van der Waals surface area contributed by atoms with Crippen LogP contribution < -0.4 is 10.6 Å². The van der Waals surface area contributed by atoms with Gasteiger partial charge in [0.2, 0.25) is 5.91 Å². The second-order valence-electron chi connectivity index (χ2n) is 4.98. The maximum absolute atomic E-state index is 12.1. The van der Waals surface area contributed by atoms with Crippen LogP contribution in [0, 0.1) is 6.92 Å². The molecule has 2 N–H and O–H groups in total. The van der Waals surface area contributed by atoms with E-state index in [-0.39, 0.29) is 24.4 Å². The summed E-state index contributed by atoms with van der Waals surface area (Å²) in [5.74, 6) is 0.0375. The number of carbonyl (C=O) groups is 1. The van der Waals surface area contributed by atoms with Gasteiger partial charge in [-0.2, -0.15) is 0 Å². The van der Waals surface area contributed by atoms with Crippen molar-refractivity contribution >= 4 is 45.0 Å². The zero-order valence-electron chi connectivity index (χ0n) is 11.3. The molecule has 0 aliphatic carbocycles. The van der Waals surface area contributed by atoms with E-state index in [1.165, 1.54) is 16.9 Å². The van der Waals surface area contributed by atoms with E-state index in [0.29, 0.717) is 5.13 Å². The van der Waals surface area contributed by atoms with Crippen molar-refractivity contribution in [2.24, 2.45) is 0 Å². The molecule has 1 amide bonds. The van der Waals surface area contributed by atoms with Crippen LogP contribution in [0.2, 0.25) is 0 Å². The van der Waals surface area contributed by atoms with E-state index < -0.39 is 0 Å². The number of thiazole rings is 1. The van der Waals surface area contributed by atoms with Crippen LogP contribution in [0.5, 0.6) is 0 Å². The van der Waals surface area contributed by atoms with Gasteiger partial charge in [0.05, 0.1) is 16.3 Å². The fraction of sp³-hybridized carbons (Fsp3) is 0.429. The van der Waals surface area contributed by atoms with Crippen molar-refractivity contribution in [2.45, 2.75) is 32.2 Å². The molecule has 1 aromatic carbocycles. The highest BCUT2D eigenvalue weighted by Crippen LogP contribution is 2.26. The van der Waals surface area contributed by atoms with E-state index >= 15 is 0 Å². The van der Waals surface area contributed by atoms with Gasteiger partial charge in [0.25, 0.3) is 0 Å². The van der Waals surface area contributed by atoms with Crippen molar-refractivity contribution in [1.29, 1.82) is 0 Å². The molecule has 0 unspecified atom stereocenters. The van der Waals surface area contributed by atoms with E-state index in [1.54, 1.807) is 0 Å². The molecule has 1 aliphatic rings. The number of amides is 1. The van der Waals surface area contributed by atoms with Gasteiger partial charge in [0, 0.05) is 0 Å². The number of fused-ring (bicyclic) bond motifs is 1. The Balaban J connectivity index is 0.00000147. The van der Waals surface area contributed by atoms with E-state index in [4.69, 9.17) is 0 Å². The third kappa shape index (κ3) is 3.29. The number of halogens is 1. The summed E-state index contributed by atoms with van der Waals surface area (Å²) in [7, 11) is 0. The zero-order valence-corrected chi connectivity index (χ0v) is 12.9. The molecule has 4 nitrogen and oxygen atoms in total. The topological polar surface area (TPSA) is 54.0 Å². The lowest BCUT2D eigenvalue weighted by atomic mass is 10.0. The quantitative estimate of drug-likeness (QED) is 0.896. The number of anilines is 1. The first-order valence-electron chi connectivity index (χ1n) is 6.64. The number of aromatic nitrogens is 1.